The number of hydrogen-bond donors (Lipinski definition) is 1. The van der Waals surface area contributed by atoms with E-state index in [-0.39, 0.29) is 0 Å². The molecule has 0 bridgehead atoms. The molecule has 0 aliphatic heterocycles. The zero-order chi connectivity index (χ0) is 17.1. The quantitative estimate of drug-likeness (QED) is 0.706. The number of para-hydroxylation sites is 1. The Hall–Kier alpha value is -2.60. The maximum atomic E-state index is 6.01. The van der Waals surface area contributed by atoms with E-state index in [0.29, 0.717) is 18.2 Å². The number of nitrogens with zero attached hydrogens (tertiary/aromatic N) is 4. The third-order valence-corrected chi connectivity index (χ3v) is 3.75. The largest absolute Gasteiger partial charge is 0.491 e. The summed E-state index contributed by atoms with van der Waals surface area (Å²) in [7, 11) is 4.12. The summed E-state index contributed by atoms with van der Waals surface area (Å²) in [5, 5.41) is 5.43. The van der Waals surface area contributed by atoms with Gasteiger partial charge in [0, 0.05) is 18.0 Å². The van der Waals surface area contributed by atoms with E-state index in [0.717, 1.165) is 35.3 Å². The van der Waals surface area contributed by atoms with Gasteiger partial charge >= 0.3 is 0 Å². The number of rotatable bonds is 6. The molecule has 126 valence electrons. The molecule has 2 heterocycles. The van der Waals surface area contributed by atoms with Crippen LogP contribution in [-0.4, -0.2) is 46.9 Å². The molecule has 0 saturated carbocycles. The molecule has 2 aromatic heterocycles. The topological polar surface area (TPSA) is 69.2 Å². The Bertz CT molecular complexity index is 841. The Labute approximate surface area is 141 Å². The van der Waals surface area contributed by atoms with E-state index >= 15 is 0 Å². The van der Waals surface area contributed by atoms with Crippen LogP contribution in [0.2, 0.25) is 0 Å². The zero-order valence-electron chi connectivity index (χ0n) is 14.4. The molecule has 0 amide bonds. The Morgan fingerprint density at radius 1 is 1.21 bits per heavy atom. The maximum Gasteiger partial charge on any atom is 0.156 e. The fourth-order valence-corrected chi connectivity index (χ4v) is 2.61. The summed E-state index contributed by atoms with van der Waals surface area (Å²) in [6, 6.07) is 11.7. The molecule has 24 heavy (non-hydrogen) atoms. The van der Waals surface area contributed by atoms with Crippen LogP contribution in [0.4, 0.5) is 5.82 Å². The number of nitrogens with two attached hydrogens (primary N) is 1. The smallest absolute Gasteiger partial charge is 0.156 e. The first kappa shape index (κ1) is 16.3. The van der Waals surface area contributed by atoms with Gasteiger partial charge in [0.1, 0.15) is 17.1 Å². The molecule has 3 aromatic rings. The predicted octanol–water partition coefficient (Wildman–Crippen LogP) is 2.64. The summed E-state index contributed by atoms with van der Waals surface area (Å²) in [5.74, 6) is 2.05. The van der Waals surface area contributed by atoms with Crippen molar-refractivity contribution < 1.29 is 4.74 Å². The van der Waals surface area contributed by atoms with Gasteiger partial charge in [-0.25, -0.2) is 4.98 Å². The normalized spacial score (nSPS) is 11.3. The van der Waals surface area contributed by atoms with Gasteiger partial charge in [-0.1, -0.05) is 12.1 Å². The highest BCUT2D eigenvalue weighted by molar-refractivity contribution is 5.85. The molecule has 0 aliphatic carbocycles. The first-order valence-corrected chi connectivity index (χ1v) is 8.04. The Morgan fingerprint density at radius 2 is 2.04 bits per heavy atom. The van der Waals surface area contributed by atoms with Gasteiger partial charge in [-0.05, 0) is 45.6 Å². The van der Waals surface area contributed by atoms with Crippen molar-refractivity contribution in [1.82, 2.24) is 19.7 Å². The average Bonchev–Trinajstić information content (AvgIpc) is 2.89. The number of fused-ring (bicyclic) bond motifs is 1. The molecule has 0 saturated heterocycles. The summed E-state index contributed by atoms with van der Waals surface area (Å²) < 4.78 is 7.60. The molecule has 3 rings (SSSR count). The van der Waals surface area contributed by atoms with Crippen LogP contribution in [0, 0.1) is 6.92 Å². The highest BCUT2D eigenvalue weighted by atomic mass is 16.5. The average molecular weight is 325 g/mol. The highest BCUT2D eigenvalue weighted by Crippen LogP contribution is 2.25. The summed E-state index contributed by atoms with van der Waals surface area (Å²) in [5.41, 5.74) is 7.70. The van der Waals surface area contributed by atoms with E-state index < -0.39 is 0 Å². The van der Waals surface area contributed by atoms with Gasteiger partial charge < -0.3 is 15.4 Å². The van der Waals surface area contributed by atoms with Gasteiger partial charge in [-0.15, -0.1) is 0 Å². The van der Waals surface area contributed by atoms with Crippen LogP contribution < -0.4 is 10.5 Å². The van der Waals surface area contributed by atoms with Crippen LogP contribution in [0.25, 0.3) is 16.7 Å². The fourth-order valence-electron chi connectivity index (χ4n) is 2.61. The van der Waals surface area contributed by atoms with Gasteiger partial charge in [0.2, 0.25) is 0 Å². The third kappa shape index (κ3) is 3.49. The molecular formula is C18H23N5O. The van der Waals surface area contributed by atoms with Gasteiger partial charge in [-0.2, -0.15) is 9.78 Å². The summed E-state index contributed by atoms with van der Waals surface area (Å²) in [6.45, 7) is 3.56. The van der Waals surface area contributed by atoms with Crippen LogP contribution in [0.15, 0.2) is 36.4 Å². The molecule has 0 aliphatic rings. The number of ether oxygens (including phenoxy) is 1. The molecule has 1 aromatic carbocycles. The van der Waals surface area contributed by atoms with E-state index in [1.165, 1.54) is 0 Å². The number of pyridine rings is 1. The van der Waals surface area contributed by atoms with E-state index in [9.17, 15) is 0 Å². The lowest BCUT2D eigenvalue weighted by Crippen LogP contribution is -2.15. The standard InChI is InChI=1S/C18H23N5O/c1-13-12-16(19)23(21-13)17-9-8-14-6-4-7-15(18(14)20-17)24-11-5-10-22(2)3/h4,6-9,12H,5,10-11,19H2,1-3H3. The lowest BCUT2D eigenvalue weighted by Gasteiger charge is -2.12. The van der Waals surface area contributed by atoms with Crippen LogP contribution >= 0.6 is 0 Å². The zero-order valence-corrected chi connectivity index (χ0v) is 14.4. The van der Waals surface area contributed by atoms with Crippen LogP contribution in [0.5, 0.6) is 5.75 Å². The van der Waals surface area contributed by atoms with Crippen molar-refractivity contribution in [2.24, 2.45) is 0 Å². The minimum absolute atomic E-state index is 0.573. The minimum atomic E-state index is 0.573. The molecular weight excluding hydrogens is 302 g/mol. The van der Waals surface area contributed by atoms with Crippen molar-refractivity contribution in [2.75, 3.05) is 33.0 Å². The molecule has 0 atom stereocenters. The number of hydrogen-bond acceptors (Lipinski definition) is 5. The van der Waals surface area contributed by atoms with Gasteiger partial charge in [-0.3, -0.25) is 0 Å². The van der Waals surface area contributed by atoms with Crippen molar-refractivity contribution in [2.45, 2.75) is 13.3 Å². The number of aryl methyl sites for hydroxylation is 1. The Morgan fingerprint density at radius 3 is 2.75 bits per heavy atom. The van der Waals surface area contributed by atoms with Crippen molar-refractivity contribution in [1.29, 1.82) is 0 Å². The summed E-state index contributed by atoms with van der Waals surface area (Å²) >= 11 is 0. The van der Waals surface area contributed by atoms with Crippen LogP contribution in [-0.2, 0) is 0 Å². The molecule has 6 nitrogen and oxygen atoms in total. The third-order valence-electron chi connectivity index (χ3n) is 3.75. The molecule has 0 fully saturated rings. The van der Waals surface area contributed by atoms with E-state index in [2.05, 4.69) is 24.1 Å². The molecule has 0 unspecified atom stereocenters. The van der Waals surface area contributed by atoms with E-state index in [1.54, 1.807) is 4.68 Å². The van der Waals surface area contributed by atoms with Crippen molar-refractivity contribution >= 4 is 16.7 Å². The predicted molar refractivity (Wildman–Crippen MR) is 96.7 cm³/mol. The maximum absolute atomic E-state index is 6.01. The van der Waals surface area contributed by atoms with Gasteiger partial charge in [0.25, 0.3) is 0 Å². The highest BCUT2D eigenvalue weighted by Gasteiger charge is 2.09. The fraction of sp³-hybridized carbons (Fsp3) is 0.333. The minimum Gasteiger partial charge on any atom is -0.491 e. The number of aromatic nitrogens is 3. The van der Waals surface area contributed by atoms with Crippen molar-refractivity contribution in [3.05, 3.63) is 42.1 Å². The van der Waals surface area contributed by atoms with Crippen LogP contribution in [0.1, 0.15) is 12.1 Å². The van der Waals surface area contributed by atoms with E-state index in [4.69, 9.17) is 15.5 Å². The molecule has 0 spiro atoms. The van der Waals surface area contributed by atoms with Crippen molar-refractivity contribution in [3.63, 3.8) is 0 Å². The Balaban J connectivity index is 1.90. The van der Waals surface area contributed by atoms with Crippen molar-refractivity contribution in [3.8, 4) is 11.6 Å². The first-order chi connectivity index (χ1) is 11.5. The second kappa shape index (κ2) is 6.88. The number of anilines is 1. The SMILES string of the molecule is Cc1cc(N)n(-c2ccc3cccc(OCCCN(C)C)c3n2)n1. The monoisotopic (exact) mass is 325 g/mol. The number of nitrogen functional groups attached to an aromatic ring is 1. The summed E-state index contributed by atoms with van der Waals surface area (Å²) in [4.78, 5) is 6.86. The lowest BCUT2D eigenvalue weighted by atomic mass is 10.2. The first-order valence-electron chi connectivity index (χ1n) is 8.04. The lowest BCUT2D eigenvalue weighted by molar-refractivity contribution is 0.284. The van der Waals surface area contributed by atoms with E-state index in [1.807, 2.05) is 43.3 Å². The molecule has 0 radical (unpaired) electrons. The van der Waals surface area contributed by atoms with Gasteiger partial charge in [0.05, 0.1) is 12.3 Å². The second-order valence-electron chi connectivity index (χ2n) is 6.12. The van der Waals surface area contributed by atoms with Crippen LogP contribution in [0.3, 0.4) is 0 Å². The summed E-state index contributed by atoms with van der Waals surface area (Å²) in [6.07, 6.45) is 0.967. The molecule has 2 N–H and O–H groups in total. The second-order valence-corrected chi connectivity index (χ2v) is 6.12. The van der Waals surface area contributed by atoms with Gasteiger partial charge in [0.15, 0.2) is 5.82 Å². The number of benzene rings is 1. The Kier molecular flexibility index (Phi) is 4.66. The molecule has 6 heteroatoms.